The fraction of sp³-hybridized carbons (Fsp3) is 0.429. The van der Waals surface area contributed by atoms with Crippen LogP contribution < -0.4 is 0 Å². The van der Waals surface area contributed by atoms with E-state index in [2.05, 4.69) is 6.58 Å². The molecule has 0 fully saturated rings. The molecule has 0 aliphatic rings. The second kappa shape index (κ2) is 6.31. The predicted octanol–water partition coefficient (Wildman–Crippen LogP) is 0.850. The molecular formula is C7H10O3Ti. The van der Waals surface area contributed by atoms with Crippen LogP contribution in [0.2, 0.25) is 0 Å². The molecule has 0 aliphatic heterocycles. The van der Waals surface area contributed by atoms with Crippen molar-refractivity contribution in [3.63, 3.8) is 0 Å². The van der Waals surface area contributed by atoms with Gasteiger partial charge in [0, 0.05) is 21.7 Å². The molecule has 0 aromatic heterocycles. The smallest absolute Gasteiger partial charge is 0.314 e. The summed E-state index contributed by atoms with van der Waals surface area (Å²) in [6.45, 7) is 4.62. The number of hydrogen-bond donors (Lipinski definition) is 1. The van der Waals surface area contributed by atoms with Gasteiger partial charge in [-0.1, -0.05) is 6.08 Å². The van der Waals surface area contributed by atoms with Gasteiger partial charge in [-0.05, 0) is 13.3 Å². The molecule has 0 aromatic carbocycles. The van der Waals surface area contributed by atoms with E-state index in [1.165, 1.54) is 13.0 Å². The Kier molecular flexibility index (Phi) is 7.58. The zero-order valence-electron chi connectivity index (χ0n) is 6.33. The van der Waals surface area contributed by atoms with E-state index in [1.54, 1.807) is 0 Å². The standard InChI is InChI=1S/C7H10O3.Ti/c1-3-4-6(5(2)8)7(9)10;/h3,6H,1,4H2,2H3,(H,9,10);. The first-order valence-corrected chi connectivity index (χ1v) is 2.93. The predicted molar refractivity (Wildman–Crippen MR) is 36.6 cm³/mol. The van der Waals surface area contributed by atoms with Gasteiger partial charge >= 0.3 is 5.97 Å². The van der Waals surface area contributed by atoms with Gasteiger partial charge in [0.25, 0.3) is 0 Å². The van der Waals surface area contributed by atoms with Gasteiger partial charge in [0.15, 0.2) is 0 Å². The first kappa shape index (κ1) is 13.2. The van der Waals surface area contributed by atoms with E-state index in [4.69, 9.17) is 5.11 Å². The third kappa shape index (κ3) is 4.93. The Hall–Kier alpha value is -0.406. The molecule has 1 unspecified atom stereocenters. The summed E-state index contributed by atoms with van der Waals surface area (Å²) < 4.78 is 0. The number of aliphatic carboxylic acids is 1. The van der Waals surface area contributed by atoms with Crippen LogP contribution in [0.1, 0.15) is 13.3 Å². The van der Waals surface area contributed by atoms with E-state index in [0.717, 1.165) is 0 Å². The van der Waals surface area contributed by atoms with Gasteiger partial charge in [0.1, 0.15) is 11.7 Å². The topological polar surface area (TPSA) is 54.4 Å². The third-order valence-electron chi connectivity index (χ3n) is 1.19. The van der Waals surface area contributed by atoms with E-state index < -0.39 is 11.9 Å². The summed E-state index contributed by atoms with van der Waals surface area (Å²) in [5.41, 5.74) is 0. The summed E-state index contributed by atoms with van der Waals surface area (Å²) in [5, 5.41) is 8.41. The van der Waals surface area contributed by atoms with Gasteiger partial charge in [-0.25, -0.2) is 0 Å². The van der Waals surface area contributed by atoms with Crippen molar-refractivity contribution in [2.45, 2.75) is 13.3 Å². The van der Waals surface area contributed by atoms with Crippen molar-refractivity contribution in [1.82, 2.24) is 0 Å². The van der Waals surface area contributed by atoms with E-state index >= 15 is 0 Å². The molecule has 0 amide bonds. The molecule has 0 rings (SSSR count). The van der Waals surface area contributed by atoms with Crippen LogP contribution in [-0.4, -0.2) is 16.9 Å². The van der Waals surface area contributed by atoms with Gasteiger partial charge in [0.2, 0.25) is 0 Å². The van der Waals surface area contributed by atoms with Crippen molar-refractivity contribution in [3.8, 4) is 0 Å². The van der Waals surface area contributed by atoms with Crippen molar-refractivity contribution in [2.24, 2.45) is 5.92 Å². The van der Waals surface area contributed by atoms with E-state index in [0.29, 0.717) is 0 Å². The molecule has 0 heterocycles. The molecule has 1 atom stereocenters. The zero-order chi connectivity index (χ0) is 8.15. The number of carbonyl (C=O) groups excluding carboxylic acids is 1. The maximum absolute atomic E-state index is 10.5. The van der Waals surface area contributed by atoms with Crippen LogP contribution in [0.25, 0.3) is 0 Å². The summed E-state index contributed by atoms with van der Waals surface area (Å²) >= 11 is 0. The molecule has 3 nitrogen and oxygen atoms in total. The zero-order valence-corrected chi connectivity index (χ0v) is 7.89. The van der Waals surface area contributed by atoms with Gasteiger partial charge in [-0.15, -0.1) is 6.58 Å². The Bertz CT molecular complexity index is 151. The second-order valence-electron chi connectivity index (χ2n) is 2.03. The molecule has 1 N–H and O–H groups in total. The number of rotatable bonds is 4. The van der Waals surface area contributed by atoms with Crippen molar-refractivity contribution in [1.29, 1.82) is 0 Å². The Morgan fingerprint density at radius 1 is 1.64 bits per heavy atom. The monoisotopic (exact) mass is 190 g/mol. The Labute approximate surface area is 80.4 Å². The quantitative estimate of drug-likeness (QED) is 0.406. The minimum atomic E-state index is -1.08. The third-order valence-corrected chi connectivity index (χ3v) is 1.19. The fourth-order valence-electron chi connectivity index (χ4n) is 0.607. The SMILES string of the molecule is C=CCC(C(C)=O)C(=O)O.[Ti]. The van der Waals surface area contributed by atoms with Gasteiger partial charge < -0.3 is 5.11 Å². The fourth-order valence-corrected chi connectivity index (χ4v) is 0.607. The van der Waals surface area contributed by atoms with Crippen molar-refractivity contribution < 1.29 is 36.4 Å². The Morgan fingerprint density at radius 3 is 2.18 bits per heavy atom. The number of hydrogen-bond acceptors (Lipinski definition) is 2. The molecule has 0 aliphatic carbocycles. The average Bonchev–Trinajstić information content (AvgIpc) is 1.81. The molecule has 0 aromatic rings. The van der Waals surface area contributed by atoms with Crippen LogP contribution in [0.4, 0.5) is 0 Å². The summed E-state index contributed by atoms with van der Waals surface area (Å²) in [6, 6.07) is 0. The van der Waals surface area contributed by atoms with Gasteiger partial charge in [0.05, 0.1) is 0 Å². The van der Waals surface area contributed by atoms with Crippen LogP contribution in [-0.2, 0) is 31.3 Å². The largest absolute Gasteiger partial charge is 0.481 e. The first-order valence-electron chi connectivity index (χ1n) is 2.93. The molecule has 60 valence electrons. The average molecular weight is 190 g/mol. The summed E-state index contributed by atoms with van der Waals surface area (Å²) in [4.78, 5) is 20.8. The number of ketones is 1. The number of Topliss-reactive ketones (excluding diaryl/α,β-unsaturated/α-hetero) is 1. The van der Waals surface area contributed by atoms with Crippen LogP contribution in [0.15, 0.2) is 12.7 Å². The second-order valence-corrected chi connectivity index (χ2v) is 2.03. The molecule has 0 bridgehead atoms. The number of carboxylic acids is 1. The number of allylic oxidation sites excluding steroid dienone is 1. The molecule has 0 spiro atoms. The Balaban J connectivity index is 0. The van der Waals surface area contributed by atoms with Crippen molar-refractivity contribution in [3.05, 3.63) is 12.7 Å². The van der Waals surface area contributed by atoms with Gasteiger partial charge in [-0.3, -0.25) is 9.59 Å². The van der Waals surface area contributed by atoms with E-state index in [9.17, 15) is 9.59 Å². The van der Waals surface area contributed by atoms with Crippen LogP contribution >= 0.6 is 0 Å². The molecule has 4 heteroatoms. The molecule has 0 radical (unpaired) electrons. The molecule has 0 saturated heterocycles. The summed E-state index contributed by atoms with van der Waals surface area (Å²) in [7, 11) is 0. The molecular weight excluding hydrogens is 180 g/mol. The summed E-state index contributed by atoms with van der Waals surface area (Å²) in [5.74, 6) is -2.31. The summed E-state index contributed by atoms with van der Waals surface area (Å²) in [6.07, 6.45) is 1.64. The number of carboxylic acid groups (broad SMARTS) is 1. The van der Waals surface area contributed by atoms with E-state index in [-0.39, 0.29) is 33.9 Å². The molecule has 11 heavy (non-hydrogen) atoms. The maximum Gasteiger partial charge on any atom is 0.314 e. The first-order chi connectivity index (χ1) is 4.59. The van der Waals surface area contributed by atoms with Crippen LogP contribution in [0.3, 0.4) is 0 Å². The van der Waals surface area contributed by atoms with Crippen LogP contribution in [0, 0.1) is 5.92 Å². The Morgan fingerprint density at radius 2 is 2.09 bits per heavy atom. The van der Waals surface area contributed by atoms with Crippen molar-refractivity contribution >= 4 is 11.8 Å². The molecule has 0 saturated carbocycles. The van der Waals surface area contributed by atoms with Crippen LogP contribution in [0.5, 0.6) is 0 Å². The van der Waals surface area contributed by atoms with Crippen molar-refractivity contribution in [2.75, 3.05) is 0 Å². The minimum absolute atomic E-state index is 0. The minimum Gasteiger partial charge on any atom is -0.481 e. The number of carbonyl (C=O) groups is 2. The normalized spacial score (nSPS) is 11.0. The van der Waals surface area contributed by atoms with Gasteiger partial charge in [-0.2, -0.15) is 0 Å². The van der Waals surface area contributed by atoms with E-state index in [1.807, 2.05) is 0 Å². The maximum atomic E-state index is 10.5.